The number of nitrogens with one attached hydrogen (secondary N) is 1. The van der Waals surface area contributed by atoms with Crippen molar-refractivity contribution in [1.29, 1.82) is 0 Å². The molecule has 28 heavy (non-hydrogen) atoms. The number of nitrogens with zero attached hydrogens (tertiary/aromatic N) is 2. The molecule has 1 atom stereocenters. The monoisotopic (exact) mass is 399 g/mol. The van der Waals surface area contributed by atoms with Crippen LogP contribution < -0.4 is 10.9 Å². The fourth-order valence-electron chi connectivity index (χ4n) is 6.60. The molecular formula is C22H29N3O2S. The van der Waals surface area contributed by atoms with Gasteiger partial charge in [0, 0.05) is 10.9 Å². The summed E-state index contributed by atoms with van der Waals surface area (Å²) < 4.78 is 1.45. The van der Waals surface area contributed by atoms with Crippen molar-refractivity contribution < 1.29 is 4.79 Å². The summed E-state index contributed by atoms with van der Waals surface area (Å²) in [5.41, 5.74) is 0.166. The Morgan fingerprint density at radius 2 is 1.93 bits per heavy atom. The first kappa shape index (κ1) is 18.3. The van der Waals surface area contributed by atoms with E-state index in [0.717, 1.165) is 33.9 Å². The fourth-order valence-corrected chi connectivity index (χ4v) is 7.52. The highest BCUT2D eigenvalue weighted by Crippen LogP contribution is 2.61. The molecule has 150 valence electrons. The molecule has 4 aliphatic carbocycles. The third-order valence-corrected chi connectivity index (χ3v) is 8.80. The molecule has 0 saturated heterocycles. The van der Waals surface area contributed by atoms with Gasteiger partial charge in [0.15, 0.2) is 0 Å². The van der Waals surface area contributed by atoms with Gasteiger partial charge in [-0.2, -0.15) is 0 Å². The van der Waals surface area contributed by atoms with E-state index in [-0.39, 0.29) is 29.5 Å². The lowest BCUT2D eigenvalue weighted by Gasteiger charge is -2.59. The average Bonchev–Trinajstić information content (AvgIpc) is 3.07. The van der Waals surface area contributed by atoms with Gasteiger partial charge in [0.2, 0.25) is 5.91 Å². The van der Waals surface area contributed by atoms with Gasteiger partial charge in [-0.25, -0.2) is 4.98 Å². The molecule has 1 N–H and O–H groups in total. The molecule has 0 aromatic carbocycles. The van der Waals surface area contributed by atoms with E-state index in [4.69, 9.17) is 0 Å². The van der Waals surface area contributed by atoms with Crippen molar-refractivity contribution in [3.05, 3.63) is 27.6 Å². The van der Waals surface area contributed by atoms with Gasteiger partial charge in [-0.3, -0.25) is 14.2 Å². The molecule has 4 bridgehead atoms. The minimum atomic E-state index is -0.112. The maximum absolute atomic E-state index is 12.8. The molecule has 4 fully saturated rings. The Morgan fingerprint density at radius 3 is 2.54 bits per heavy atom. The van der Waals surface area contributed by atoms with Crippen molar-refractivity contribution in [2.75, 3.05) is 0 Å². The summed E-state index contributed by atoms with van der Waals surface area (Å²) in [5.74, 6) is 2.53. The molecule has 2 aromatic rings. The Balaban J connectivity index is 1.30. The molecule has 6 heteroatoms. The smallest absolute Gasteiger partial charge is 0.262 e. The zero-order valence-corrected chi connectivity index (χ0v) is 17.6. The van der Waals surface area contributed by atoms with Gasteiger partial charge in [-0.15, -0.1) is 11.3 Å². The lowest BCUT2D eigenvalue weighted by molar-refractivity contribution is -0.126. The van der Waals surface area contributed by atoms with Crippen LogP contribution in [0, 0.1) is 23.2 Å². The zero-order chi connectivity index (χ0) is 19.5. The number of aryl methyl sites for hydroxylation is 1. The Hall–Kier alpha value is -1.69. The highest BCUT2D eigenvalue weighted by atomic mass is 32.1. The molecule has 4 aliphatic rings. The van der Waals surface area contributed by atoms with Crippen molar-refractivity contribution in [2.45, 2.75) is 71.4 Å². The van der Waals surface area contributed by atoms with Crippen LogP contribution in [0.2, 0.25) is 0 Å². The summed E-state index contributed by atoms with van der Waals surface area (Å²) in [7, 11) is 0. The van der Waals surface area contributed by atoms with E-state index in [1.165, 1.54) is 49.4 Å². The number of hydrogen-bond acceptors (Lipinski definition) is 4. The number of aromatic nitrogens is 2. The first-order chi connectivity index (χ1) is 13.5. The van der Waals surface area contributed by atoms with E-state index in [1.807, 2.05) is 6.07 Å². The normalized spacial score (nSPS) is 32.0. The summed E-state index contributed by atoms with van der Waals surface area (Å²) in [6.07, 6.45) is 10.4. The molecule has 0 aliphatic heterocycles. The fraction of sp³-hybridized carbons (Fsp3) is 0.682. The van der Waals surface area contributed by atoms with E-state index in [9.17, 15) is 9.59 Å². The van der Waals surface area contributed by atoms with Gasteiger partial charge in [0.1, 0.15) is 11.4 Å². The largest absolute Gasteiger partial charge is 0.352 e. The van der Waals surface area contributed by atoms with Crippen LogP contribution in [0.5, 0.6) is 0 Å². The van der Waals surface area contributed by atoms with Gasteiger partial charge >= 0.3 is 0 Å². The minimum absolute atomic E-state index is 0.0514. The summed E-state index contributed by atoms with van der Waals surface area (Å²) >= 11 is 1.56. The molecule has 6 rings (SSSR count). The van der Waals surface area contributed by atoms with Crippen LogP contribution in [-0.2, 0) is 17.8 Å². The van der Waals surface area contributed by atoms with Crippen LogP contribution in [0.25, 0.3) is 10.2 Å². The number of hydrogen-bond donors (Lipinski definition) is 1. The highest BCUT2D eigenvalue weighted by Gasteiger charge is 2.53. The quantitative estimate of drug-likeness (QED) is 0.833. The van der Waals surface area contributed by atoms with E-state index in [2.05, 4.69) is 24.1 Å². The minimum Gasteiger partial charge on any atom is -0.352 e. The lowest BCUT2D eigenvalue weighted by atomic mass is 9.48. The van der Waals surface area contributed by atoms with Crippen molar-refractivity contribution >= 4 is 27.5 Å². The van der Waals surface area contributed by atoms with Crippen LogP contribution in [0.3, 0.4) is 0 Å². The number of fused-ring (bicyclic) bond motifs is 1. The Kier molecular flexibility index (Phi) is 4.38. The standard InChI is InChI=1S/C22H29N3O2S/c1-3-17-7-18-20(28-17)23-12-25(21(18)27)11-19(26)24-13(2)22-8-14-4-15(9-22)6-16(5-14)10-22/h7,12-16H,3-6,8-11H2,1-2H3,(H,24,26). The molecule has 1 unspecified atom stereocenters. The molecule has 2 aromatic heterocycles. The molecule has 1 amide bonds. The van der Waals surface area contributed by atoms with Gasteiger partial charge in [-0.05, 0) is 81.1 Å². The van der Waals surface area contributed by atoms with Crippen molar-refractivity contribution in [3.8, 4) is 0 Å². The number of thiophene rings is 1. The summed E-state index contributed by atoms with van der Waals surface area (Å²) in [6, 6.07) is 2.09. The number of carbonyl (C=O) groups excluding carboxylic acids is 1. The van der Waals surface area contributed by atoms with E-state index in [1.54, 1.807) is 11.3 Å². The van der Waals surface area contributed by atoms with Crippen LogP contribution in [0.4, 0.5) is 0 Å². The lowest BCUT2D eigenvalue weighted by Crippen LogP contribution is -2.56. The first-order valence-electron chi connectivity index (χ1n) is 10.7. The van der Waals surface area contributed by atoms with Gasteiger partial charge in [-0.1, -0.05) is 6.92 Å². The number of rotatable bonds is 5. The van der Waals surface area contributed by atoms with Crippen LogP contribution in [-0.4, -0.2) is 21.5 Å². The maximum atomic E-state index is 12.8. The zero-order valence-electron chi connectivity index (χ0n) is 16.7. The van der Waals surface area contributed by atoms with Gasteiger partial charge in [0.25, 0.3) is 5.56 Å². The SMILES string of the molecule is CCc1cc2c(=O)n(CC(=O)NC(C)C34CC5CC(CC(C5)C3)C4)cnc2s1. The predicted octanol–water partition coefficient (Wildman–Crippen LogP) is 3.74. The second kappa shape index (κ2) is 6.68. The molecule has 0 radical (unpaired) electrons. The van der Waals surface area contributed by atoms with Crippen molar-refractivity contribution in [3.63, 3.8) is 0 Å². The van der Waals surface area contributed by atoms with E-state index < -0.39 is 0 Å². The molecule has 4 saturated carbocycles. The number of amides is 1. The third kappa shape index (κ3) is 3.00. The van der Waals surface area contributed by atoms with E-state index >= 15 is 0 Å². The van der Waals surface area contributed by atoms with Crippen molar-refractivity contribution in [2.24, 2.45) is 23.2 Å². The second-order valence-corrected chi connectivity index (χ2v) is 10.6. The molecular weight excluding hydrogens is 370 g/mol. The Morgan fingerprint density at radius 1 is 1.29 bits per heavy atom. The molecule has 0 spiro atoms. The highest BCUT2D eigenvalue weighted by molar-refractivity contribution is 7.18. The van der Waals surface area contributed by atoms with Crippen LogP contribution >= 0.6 is 11.3 Å². The topological polar surface area (TPSA) is 64.0 Å². The van der Waals surface area contributed by atoms with Crippen LogP contribution in [0.15, 0.2) is 17.2 Å². The van der Waals surface area contributed by atoms with Crippen molar-refractivity contribution in [1.82, 2.24) is 14.9 Å². The first-order valence-corrected chi connectivity index (χ1v) is 11.5. The predicted molar refractivity (Wildman–Crippen MR) is 111 cm³/mol. The average molecular weight is 400 g/mol. The maximum Gasteiger partial charge on any atom is 0.262 e. The van der Waals surface area contributed by atoms with Gasteiger partial charge < -0.3 is 5.32 Å². The van der Waals surface area contributed by atoms with Gasteiger partial charge in [0.05, 0.1) is 11.7 Å². The number of carbonyl (C=O) groups is 1. The Bertz CT molecular complexity index is 941. The van der Waals surface area contributed by atoms with E-state index in [0.29, 0.717) is 5.39 Å². The molecule has 2 heterocycles. The second-order valence-electron chi connectivity index (χ2n) is 9.53. The molecule has 5 nitrogen and oxygen atoms in total. The summed E-state index contributed by atoms with van der Waals surface area (Å²) in [5, 5.41) is 3.88. The summed E-state index contributed by atoms with van der Waals surface area (Å²) in [4.78, 5) is 31.8. The van der Waals surface area contributed by atoms with Crippen LogP contribution in [0.1, 0.15) is 57.2 Å². The Labute approximate surface area is 169 Å². The third-order valence-electron chi connectivity index (χ3n) is 7.61. The summed E-state index contributed by atoms with van der Waals surface area (Å²) in [6.45, 7) is 4.31.